The molecule has 0 bridgehead atoms. The highest BCUT2D eigenvalue weighted by atomic mass is 19.4. The predicted molar refractivity (Wildman–Crippen MR) is 118 cm³/mol. The van der Waals surface area contributed by atoms with Crippen LogP contribution in [0.2, 0.25) is 0 Å². The number of benzene rings is 2. The average Bonchev–Trinajstić information content (AvgIpc) is 2.78. The Hall–Kier alpha value is -3.41. The van der Waals surface area contributed by atoms with Crippen molar-refractivity contribution in [1.82, 2.24) is 4.57 Å². The fourth-order valence-corrected chi connectivity index (χ4v) is 3.50. The molecule has 33 heavy (non-hydrogen) atoms. The third-order valence-electron chi connectivity index (χ3n) is 5.13. The molecular weight excluding hydrogens is 433 g/mol. The van der Waals surface area contributed by atoms with Gasteiger partial charge >= 0.3 is 6.18 Å². The van der Waals surface area contributed by atoms with Crippen LogP contribution in [0.25, 0.3) is 11.3 Å². The number of rotatable bonds is 8. The van der Waals surface area contributed by atoms with E-state index in [1.165, 1.54) is 10.6 Å². The number of pyridine rings is 1. The fraction of sp³-hybridized carbons (Fsp3) is 0.280. The predicted octanol–water partition coefficient (Wildman–Crippen LogP) is 4.93. The Labute approximate surface area is 189 Å². The Morgan fingerprint density at radius 3 is 2.36 bits per heavy atom. The number of nitrogens with zero attached hydrogens (tertiary/aromatic N) is 2. The number of alkyl halides is 3. The normalized spacial score (nSPS) is 11.4. The van der Waals surface area contributed by atoms with Gasteiger partial charge in [-0.3, -0.25) is 4.79 Å². The molecular formula is C25H23F3N2O3. The van der Waals surface area contributed by atoms with Crippen molar-refractivity contribution in [2.24, 2.45) is 0 Å². The smallest absolute Gasteiger partial charge is 0.359 e. The largest absolute Gasteiger partial charge is 0.417 e. The molecule has 0 N–H and O–H groups in total. The van der Waals surface area contributed by atoms with Crippen molar-refractivity contribution >= 4 is 0 Å². The zero-order chi connectivity index (χ0) is 24.0. The van der Waals surface area contributed by atoms with E-state index in [-0.39, 0.29) is 19.0 Å². The van der Waals surface area contributed by atoms with Crippen LogP contribution in [0.3, 0.4) is 0 Å². The third kappa shape index (κ3) is 5.89. The summed E-state index contributed by atoms with van der Waals surface area (Å²) in [5, 5.41) is 9.33. The van der Waals surface area contributed by atoms with Gasteiger partial charge in [-0.05, 0) is 42.2 Å². The first kappa shape index (κ1) is 24.2. The lowest BCUT2D eigenvalue weighted by Gasteiger charge is -2.18. The van der Waals surface area contributed by atoms with Crippen LogP contribution in [0, 0.1) is 18.3 Å². The molecule has 2 aromatic carbocycles. The maximum absolute atomic E-state index is 13.6. The van der Waals surface area contributed by atoms with Crippen LogP contribution in [-0.4, -0.2) is 25.1 Å². The Bertz CT molecular complexity index is 1210. The first-order valence-corrected chi connectivity index (χ1v) is 10.2. The monoisotopic (exact) mass is 456 g/mol. The first-order valence-electron chi connectivity index (χ1n) is 10.2. The number of halogens is 3. The van der Waals surface area contributed by atoms with E-state index in [0.717, 1.165) is 22.8 Å². The maximum atomic E-state index is 13.6. The number of ether oxygens (including phenoxy) is 2. The molecule has 8 heteroatoms. The molecule has 0 unspecified atom stereocenters. The standard InChI is InChI=1S/C25H23F3N2O3/c1-17-4-3-5-20(12-17)23-13-22(25(26,27)28)21(14-29)24(31)30(23)15-19-8-6-18(7-9-19)10-11-33-16-32-2/h3-9,12-13H,10-11,15-16H2,1-2H3. The lowest BCUT2D eigenvalue weighted by atomic mass is 10.0. The van der Waals surface area contributed by atoms with Crippen LogP contribution in [0.1, 0.15) is 27.8 Å². The molecule has 3 rings (SSSR count). The molecule has 1 heterocycles. The summed E-state index contributed by atoms with van der Waals surface area (Å²) in [4.78, 5) is 13.0. The number of nitriles is 1. The molecule has 0 aliphatic rings. The van der Waals surface area contributed by atoms with Gasteiger partial charge < -0.3 is 14.0 Å². The van der Waals surface area contributed by atoms with Crippen LogP contribution in [0.15, 0.2) is 59.4 Å². The summed E-state index contributed by atoms with van der Waals surface area (Å²) in [6.07, 6.45) is -4.16. The average molecular weight is 456 g/mol. The molecule has 3 aromatic rings. The minimum atomic E-state index is -4.82. The molecule has 5 nitrogen and oxygen atoms in total. The van der Waals surface area contributed by atoms with Crippen molar-refractivity contribution < 1.29 is 22.6 Å². The minimum Gasteiger partial charge on any atom is -0.359 e. The Morgan fingerprint density at radius 2 is 1.76 bits per heavy atom. The van der Waals surface area contributed by atoms with Crippen molar-refractivity contribution in [2.45, 2.75) is 26.1 Å². The first-order chi connectivity index (χ1) is 15.7. The maximum Gasteiger partial charge on any atom is 0.417 e. The summed E-state index contributed by atoms with van der Waals surface area (Å²) >= 11 is 0. The molecule has 0 aliphatic carbocycles. The molecule has 172 valence electrons. The van der Waals surface area contributed by atoms with E-state index in [2.05, 4.69) is 0 Å². The molecule has 1 aromatic heterocycles. The Morgan fingerprint density at radius 1 is 1.06 bits per heavy atom. The summed E-state index contributed by atoms with van der Waals surface area (Å²) < 4.78 is 52.2. The fourth-order valence-electron chi connectivity index (χ4n) is 3.50. The van der Waals surface area contributed by atoms with Crippen molar-refractivity contribution in [2.75, 3.05) is 20.5 Å². The number of hydrogen-bond donors (Lipinski definition) is 0. The minimum absolute atomic E-state index is 0.0232. The van der Waals surface area contributed by atoms with Gasteiger partial charge in [-0.2, -0.15) is 18.4 Å². The van der Waals surface area contributed by atoms with Gasteiger partial charge in [0, 0.05) is 7.11 Å². The van der Waals surface area contributed by atoms with E-state index in [1.807, 2.05) is 37.3 Å². The SMILES string of the molecule is COCOCCc1ccc(Cn2c(-c3cccc(C)c3)cc(C(F)(F)F)c(C#N)c2=O)cc1. The van der Waals surface area contributed by atoms with Gasteiger partial charge in [0.15, 0.2) is 0 Å². The van der Waals surface area contributed by atoms with E-state index >= 15 is 0 Å². The molecule has 0 saturated heterocycles. The van der Waals surface area contributed by atoms with Crippen LogP contribution in [0.5, 0.6) is 0 Å². The summed E-state index contributed by atoms with van der Waals surface area (Å²) in [6.45, 7) is 2.52. The van der Waals surface area contributed by atoms with E-state index in [1.54, 1.807) is 25.3 Å². The summed E-state index contributed by atoms with van der Waals surface area (Å²) in [6, 6.07) is 16.6. The molecule has 0 amide bonds. The summed E-state index contributed by atoms with van der Waals surface area (Å²) in [7, 11) is 1.54. The second-order valence-corrected chi connectivity index (χ2v) is 7.57. The topological polar surface area (TPSA) is 64.2 Å². The molecule has 0 spiro atoms. The van der Waals surface area contributed by atoms with Gasteiger partial charge in [0.25, 0.3) is 5.56 Å². The van der Waals surface area contributed by atoms with E-state index in [4.69, 9.17) is 9.47 Å². The van der Waals surface area contributed by atoms with Gasteiger partial charge in [-0.15, -0.1) is 0 Å². The number of hydrogen-bond acceptors (Lipinski definition) is 4. The van der Waals surface area contributed by atoms with Crippen molar-refractivity contribution in [1.29, 1.82) is 5.26 Å². The van der Waals surface area contributed by atoms with Gasteiger partial charge in [0.2, 0.25) is 0 Å². The highest BCUT2D eigenvalue weighted by Gasteiger charge is 2.36. The second kappa shape index (κ2) is 10.5. The van der Waals surface area contributed by atoms with E-state index in [0.29, 0.717) is 18.6 Å². The Balaban J connectivity index is 2.03. The van der Waals surface area contributed by atoms with Crippen LogP contribution in [-0.2, 0) is 28.6 Å². The molecule has 0 saturated carbocycles. The summed E-state index contributed by atoms with van der Waals surface area (Å²) in [5.74, 6) is 0. The van der Waals surface area contributed by atoms with Crippen molar-refractivity contribution in [3.05, 3.63) is 92.8 Å². The Kier molecular flexibility index (Phi) is 7.69. The second-order valence-electron chi connectivity index (χ2n) is 7.57. The highest BCUT2D eigenvalue weighted by molar-refractivity contribution is 5.63. The lowest BCUT2D eigenvalue weighted by molar-refractivity contribution is -0.137. The lowest BCUT2D eigenvalue weighted by Crippen LogP contribution is -2.28. The van der Waals surface area contributed by atoms with Gasteiger partial charge in [-0.1, -0.05) is 48.0 Å². The molecule has 0 fully saturated rings. The van der Waals surface area contributed by atoms with Crippen LogP contribution >= 0.6 is 0 Å². The van der Waals surface area contributed by atoms with Gasteiger partial charge in [0.1, 0.15) is 18.4 Å². The quantitative estimate of drug-likeness (QED) is 0.356. The number of aromatic nitrogens is 1. The zero-order valence-electron chi connectivity index (χ0n) is 18.3. The van der Waals surface area contributed by atoms with Crippen molar-refractivity contribution in [3.8, 4) is 17.3 Å². The molecule has 0 atom stereocenters. The van der Waals surface area contributed by atoms with Crippen LogP contribution in [0.4, 0.5) is 13.2 Å². The molecule has 0 aliphatic heterocycles. The van der Waals surface area contributed by atoms with E-state index < -0.39 is 22.9 Å². The number of aryl methyl sites for hydroxylation is 1. The van der Waals surface area contributed by atoms with Crippen molar-refractivity contribution in [3.63, 3.8) is 0 Å². The zero-order valence-corrected chi connectivity index (χ0v) is 18.3. The van der Waals surface area contributed by atoms with Crippen LogP contribution < -0.4 is 5.56 Å². The van der Waals surface area contributed by atoms with Gasteiger partial charge in [-0.25, -0.2) is 0 Å². The summed E-state index contributed by atoms with van der Waals surface area (Å²) in [5.41, 5.74) is 0.0221. The van der Waals surface area contributed by atoms with Gasteiger partial charge in [0.05, 0.1) is 24.4 Å². The molecule has 0 radical (unpaired) electrons. The highest BCUT2D eigenvalue weighted by Crippen LogP contribution is 2.34. The third-order valence-corrected chi connectivity index (χ3v) is 5.13. The van der Waals surface area contributed by atoms with E-state index in [9.17, 15) is 23.2 Å². The number of methoxy groups -OCH3 is 1.